The zero-order chi connectivity index (χ0) is 15.1. The minimum absolute atomic E-state index is 0.257. The Kier molecular flexibility index (Phi) is 5.44. The zero-order valence-corrected chi connectivity index (χ0v) is 12.6. The molecule has 0 saturated carbocycles. The molecule has 112 valence electrons. The van der Waals surface area contributed by atoms with Crippen molar-refractivity contribution >= 4 is 10.0 Å². The smallest absolute Gasteiger partial charge is 0.240 e. The van der Waals surface area contributed by atoms with Crippen LogP contribution in [0.1, 0.15) is 6.42 Å². The van der Waals surface area contributed by atoms with E-state index in [1.54, 1.807) is 43.8 Å². The van der Waals surface area contributed by atoms with Crippen molar-refractivity contribution in [3.8, 4) is 11.1 Å². The predicted octanol–water partition coefficient (Wildman–Crippen LogP) is 2.06. The van der Waals surface area contributed by atoms with Crippen LogP contribution in [0.3, 0.4) is 0 Å². The van der Waals surface area contributed by atoms with Gasteiger partial charge in [-0.3, -0.25) is 4.98 Å². The Hall–Kier alpha value is -1.76. The molecule has 2 rings (SSSR count). The molecule has 0 aliphatic heterocycles. The van der Waals surface area contributed by atoms with Gasteiger partial charge in [-0.2, -0.15) is 0 Å². The van der Waals surface area contributed by atoms with Gasteiger partial charge in [-0.05, 0) is 35.7 Å². The van der Waals surface area contributed by atoms with Crippen molar-refractivity contribution in [2.24, 2.45) is 0 Å². The molecule has 0 fully saturated rings. The maximum absolute atomic E-state index is 12.1. The number of hydrogen-bond acceptors (Lipinski definition) is 4. The standard InChI is InChI=1S/C15H18N2O3S/c1-20-11-3-10-17-21(18,19)15-7-5-13(6-8-15)14-4-2-9-16-12-14/h2,4-9,12,17H,3,10-11H2,1H3. The molecule has 0 saturated heterocycles. The molecule has 1 heterocycles. The Morgan fingerprint density at radius 3 is 2.52 bits per heavy atom. The number of pyridine rings is 1. The van der Waals surface area contributed by atoms with Crippen molar-refractivity contribution in [1.82, 2.24) is 9.71 Å². The SMILES string of the molecule is COCCCNS(=O)(=O)c1ccc(-c2cccnc2)cc1. The molecule has 1 aromatic carbocycles. The Morgan fingerprint density at radius 2 is 1.90 bits per heavy atom. The van der Waals surface area contributed by atoms with E-state index in [2.05, 4.69) is 9.71 Å². The summed E-state index contributed by atoms with van der Waals surface area (Å²) in [5.41, 5.74) is 1.89. The third kappa shape index (κ3) is 4.35. The van der Waals surface area contributed by atoms with Crippen LogP contribution in [0.25, 0.3) is 11.1 Å². The third-order valence-corrected chi connectivity index (χ3v) is 4.45. The van der Waals surface area contributed by atoms with Gasteiger partial charge in [0.15, 0.2) is 0 Å². The Morgan fingerprint density at radius 1 is 1.14 bits per heavy atom. The maximum atomic E-state index is 12.1. The number of rotatable bonds is 7. The van der Waals surface area contributed by atoms with E-state index in [0.29, 0.717) is 19.6 Å². The molecule has 0 unspecified atom stereocenters. The number of ether oxygens (including phenoxy) is 1. The summed E-state index contributed by atoms with van der Waals surface area (Å²) in [5, 5.41) is 0. The lowest BCUT2D eigenvalue weighted by Gasteiger charge is -2.07. The molecular weight excluding hydrogens is 288 g/mol. The lowest BCUT2D eigenvalue weighted by Crippen LogP contribution is -2.25. The highest BCUT2D eigenvalue weighted by Gasteiger charge is 2.13. The van der Waals surface area contributed by atoms with E-state index in [-0.39, 0.29) is 4.90 Å². The highest BCUT2D eigenvalue weighted by Crippen LogP contribution is 2.20. The van der Waals surface area contributed by atoms with Gasteiger partial charge in [-0.15, -0.1) is 0 Å². The fourth-order valence-corrected chi connectivity index (χ4v) is 2.94. The molecule has 0 spiro atoms. The minimum Gasteiger partial charge on any atom is -0.385 e. The van der Waals surface area contributed by atoms with E-state index in [4.69, 9.17) is 4.74 Å². The average molecular weight is 306 g/mol. The highest BCUT2D eigenvalue weighted by atomic mass is 32.2. The highest BCUT2D eigenvalue weighted by molar-refractivity contribution is 7.89. The molecule has 5 nitrogen and oxygen atoms in total. The second kappa shape index (κ2) is 7.31. The first kappa shape index (κ1) is 15.6. The van der Waals surface area contributed by atoms with Crippen LogP contribution in [-0.4, -0.2) is 33.7 Å². The van der Waals surface area contributed by atoms with E-state index in [1.165, 1.54) is 0 Å². The number of sulfonamides is 1. The monoisotopic (exact) mass is 306 g/mol. The normalized spacial score (nSPS) is 11.5. The second-order valence-electron chi connectivity index (χ2n) is 4.51. The van der Waals surface area contributed by atoms with E-state index < -0.39 is 10.0 Å². The maximum Gasteiger partial charge on any atom is 0.240 e. The van der Waals surface area contributed by atoms with E-state index in [0.717, 1.165) is 11.1 Å². The minimum atomic E-state index is -3.46. The van der Waals surface area contributed by atoms with Gasteiger partial charge < -0.3 is 4.74 Å². The van der Waals surface area contributed by atoms with Crippen LogP contribution in [0.4, 0.5) is 0 Å². The predicted molar refractivity (Wildman–Crippen MR) is 81.4 cm³/mol. The Bertz CT molecular complexity index is 655. The lowest BCUT2D eigenvalue weighted by molar-refractivity contribution is 0.196. The Balaban J connectivity index is 2.08. The van der Waals surface area contributed by atoms with Gasteiger partial charge in [-0.1, -0.05) is 18.2 Å². The van der Waals surface area contributed by atoms with Crippen molar-refractivity contribution < 1.29 is 13.2 Å². The summed E-state index contributed by atoms with van der Waals surface area (Å²) >= 11 is 0. The molecule has 0 aliphatic rings. The van der Waals surface area contributed by atoms with Crippen LogP contribution in [0, 0.1) is 0 Å². The first-order chi connectivity index (χ1) is 10.1. The number of nitrogens with zero attached hydrogens (tertiary/aromatic N) is 1. The molecule has 0 atom stereocenters. The van der Waals surface area contributed by atoms with Crippen LogP contribution in [0.15, 0.2) is 53.7 Å². The Labute approximate surface area is 125 Å². The van der Waals surface area contributed by atoms with Gasteiger partial charge in [0.25, 0.3) is 0 Å². The number of methoxy groups -OCH3 is 1. The second-order valence-corrected chi connectivity index (χ2v) is 6.28. The van der Waals surface area contributed by atoms with E-state index >= 15 is 0 Å². The first-order valence-electron chi connectivity index (χ1n) is 6.62. The van der Waals surface area contributed by atoms with Crippen LogP contribution in [-0.2, 0) is 14.8 Å². The van der Waals surface area contributed by atoms with Crippen molar-refractivity contribution in [2.45, 2.75) is 11.3 Å². The van der Waals surface area contributed by atoms with Crippen molar-refractivity contribution in [3.05, 3.63) is 48.8 Å². The van der Waals surface area contributed by atoms with Gasteiger partial charge >= 0.3 is 0 Å². The van der Waals surface area contributed by atoms with E-state index in [1.807, 2.05) is 12.1 Å². The van der Waals surface area contributed by atoms with E-state index in [9.17, 15) is 8.42 Å². The number of benzene rings is 1. The number of aromatic nitrogens is 1. The van der Waals surface area contributed by atoms with Crippen LogP contribution in [0.5, 0.6) is 0 Å². The topological polar surface area (TPSA) is 68.3 Å². The largest absolute Gasteiger partial charge is 0.385 e. The summed E-state index contributed by atoms with van der Waals surface area (Å²) < 4.78 is 31.6. The van der Waals surface area contributed by atoms with Gasteiger partial charge in [0, 0.05) is 32.7 Å². The lowest BCUT2D eigenvalue weighted by atomic mass is 10.1. The summed E-state index contributed by atoms with van der Waals surface area (Å²) in [6.07, 6.45) is 4.09. The molecule has 0 amide bonds. The summed E-state index contributed by atoms with van der Waals surface area (Å²) in [6, 6.07) is 10.5. The first-order valence-corrected chi connectivity index (χ1v) is 8.11. The number of hydrogen-bond donors (Lipinski definition) is 1. The molecule has 1 N–H and O–H groups in total. The summed E-state index contributed by atoms with van der Waals surface area (Å²) in [5.74, 6) is 0. The average Bonchev–Trinajstić information content (AvgIpc) is 2.53. The molecule has 6 heteroatoms. The fraction of sp³-hybridized carbons (Fsp3) is 0.267. The molecule has 0 radical (unpaired) electrons. The van der Waals surface area contributed by atoms with Crippen LogP contribution in [0.2, 0.25) is 0 Å². The quantitative estimate of drug-likeness (QED) is 0.795. The third-order valence-electron chi connectivity index (χ3n) is 2.98. The molecule has 21 heavy (non-hydrogen) atoms. The molecule has 0 bridgehead atoms. The van der Waals surface area contributed by atoms with Gasteiger partial charge in [0.05, 0.1) is 4.90 Å². The van der Waals surface area contributed by atoms with Gasteiger partial charge in [-0.25, -0.2) is 13.1 Å². The van der Waals surface area contributed by atoms with Crippen molar-refractivity contribution in [3.63, 3.8) is 0 Å². The molecule has 0 aliphatic carbocycles. The van der Waals surface area contributed by atoms with Gasteiger partial charge in [0.1, 0.15) is 0 Å². The summed E-state index contributed by atoms with van der Waals surface area (Å²) in [6.45, 7) is 0.892. The van der Waals surface area contributed by atoms with Crippen LogP contribution < -0.4 is 4.72 Å². The van der Waals surface area contributed by atoms with Crippen molar-refractivity contribution in [1.29, 1.82) is 0 Å². The summed E-state index contributed by atoms with van der Waals surface area (Å²) in [7, 11) is -1.87. The fourth-order valence-electron chi connectivity index (χ4n) is 1.87. The molecule has 1 aromatic heterocycles. The zero-order valence-electron chi connectivity index (χ0n) is 11.8. The number of nitrogens with one attached hydrogen (secondary N) is 1. The van der Waals surface area contributed by atoms with Crippen LogP contribution >= 0.6 is 0 Å². The molecule has 2 aromatic rings. The summed E-state index contributed by atoms with van der Waals surface area (Å²) in [4.78, 5) is 4.30. The van der Waals surface area contributed by atoms with Gasteiger partial charge in [0.2, 0.25) is 10.0 Å². The molecular formula is C15H18N2O3S. The van der Waals surface area contributed by atoms with Crippen molar-refractivity contribution in [2.75, 3.05) is 20.3 Å².